The van der Waals surface area contributed by atoms with Gasteiger partial charge in [-0.3, -0.25) is 9.59 Å². The summed E-state index contributed by atoms with van der Waals surface area (Å²) in [5.41, 5.74) is -1.64. The molecule has 0 aromatic heterocycles. The zero-order valence-electron chi connectivity index (χ0n) is 11.0. The average Bonchev–Trinajstić information content (AvgIpc) is 2.25. The molecule has 3 atom stereocenters. The van der Waals surface area contributed by atoms with Crippen LogP contribution in [0.15, 0.2) is 0 Å². The molecule has 0 radical (unpaired) electrons. The summed E-state index contributed by atoms with van der Waals surface area (Å²) in [7, 11) is 0. The number of carboxylic acid groups (broad SMARTS) is 1. The van der Waals surface area contributed by atoms with Crippen LogP contribution in [0.3, 0.4) is 0 Å². The number of carbonyl (C=O) groups is 2. The number of Topliss-reactive ketones (excluding diaryl/α,β-unsaturated/α-hetero) is 1. The van der Waals surface area contributed by atoms with E-state index in [0.717, 1.165) is 25.7 Å². The van der Waals surface area contributed by atoms with Gasteiger partial charge >= 0.3 is 5.97 Å². The second-order valence-electron chi connectivity index (χ2n) is 6.58. The first-order valence-corrected chi connectivity index (χ1v) is 6.58. The monoisotopic (exact) mass is 238 g/mol. The van der Waals surface area contributed by atoms with Gasteiger partial charge in [0.2, 0.25) is 0 Å². The van der Waals surface area contributed by atoms with E-state index in [1.807, 2.05) is 13.8 Å². The first-order chi connectivity index (χ1) is 7.80. The lowest BCUT2D eigenvalue weighted by molar-refractivity contribution is -0.171. The van der Waals surface area contributed by atoms with Crippen LogP contribution in [0.2, 0.25) is 0 Å². The number of carbonyl (C=O) groups excluding carboxylic acids is 1. The first-order valence-electron chi connectivity index (χ1n) is 6.58. The number of carboxylic acids is 1. The highest BCUT2D eigenvalue weighted by atomic mass is 16.4. The Hall–Kier alpha value is -0.860. The molecule has 96 valence electrons. The van der Waals surface area contributed by atoms with Gasteiger partial charge in [0, 0.05) is 5.41 Å². The normalized spacial score (nSPS) is 40.8. The third-order valence-electron chi connectivity index (χ3n) is 4.95. The average molecular weight is 238 g/mol. The third kappa shape index (κ3) is 1.71. The zero-order chi connectivity index (χ0) is 12.8. The molecule has 2 fully saturated rings. The molecule has 2 aliphatic rings. The number of hydrogen-bond donors (Lipinski definition) is 1. The number of ketones is 1. The Kier molecular flexibility index (Phi) is 2.83. The van der Waals surface area contributed by atoms with E-state index < -0.39 is 16.8 Å². The van der Waals surface area contributed by atoms with E-state index in [4.69, 9.17) is 0 Å². The summed E-state index contributed by atoms with van der Waals surface area (Å²) < 4.78 is 0. The van der Waals surface area contributed by atoms with Gasteiger partial charge in [0.15, 0.2) is 5.78 Å². The lowest BCUT2D eigenvalue weighted by Crippen LogP contribution is -2.56. The Bertz CT molecular complexity index is 358. The van der Waals surface area contributed by atoms with Gasteiger partial charge in [0.05, 0.1) is 0 Å². The molecule has 0 spiro atoms. The summed E-state index contributed by atoms with van der Waals surface area (Å²) in [5, 5.41) is 9.52. The lowest BCUT2D eigenvalue weighted by atomic mass is 9.51. The number of hydrogen-bond acceptors (Lipinski definition) is 2. The fourth-order valence-electron chi connectivity index (χ4n) is 4.09. The van der Waals surface area contributed by atoms with Gasteiger partial charge in [-0.25, -0.2) is 0 Å². The van der Waals surface area contributed by atoms with Crippen molar-refractivity contribution < 1.29 is 14.7 Å². The number of aliphatic carboxylic acids is 1. The van der Waals surface area contributed by atoms with E-state index in [2.05, 4.69) is 0 Å². The fourth-order valence-corrected chi connectivity index (χ4v) is 4.09. The summed E-state index contributed by atoms with van der Waals surface area (Å²) >= 11 is 0. The smallest absolute Gasteiger partial charge is 0.317 e. The van der Waals surface area contributed by atoms with E-state index in [9.17, 15) is 14.7 Å². The Morgan fingerprint density at radius 1 is 1.24 bits per heavy atom. The summed E-state index contributed by atoms with van der Waals surface area (Å²) in [6, 6.07) is 0. The maximum atomic E-state index is 12.5. The Balaban J connectivity index is 2.44. The second-order valence-corrected chi connectivity index (χ2v) is 6.58. The van der Waals surface area contributed by atoms with Gasteiger partial charge in [-0.2, -0.15) is 0 Å². The predicted octanol–water partition coefficient (Wildman–Crippen LogP) is 2.88. The molecule has 2 rings (SSSR count). The van der Waals surface area contributed by atoms with Crippen LogP contribution in [0.4, 0.5) is 0 Å². The molecule has 0 saturated heterocycles. The van der Waals surface area contributed by atoms with Crippen LogP contribution in [-0.2, 0) is 9.59 Å². The Morgan fingerprint density at radius 2 is 1.82 bits per heavy atom. The van der Waals surface area contributed by atoms with E-state index >= 15 is 0 Å². The molecule has 2 saturated carbocycles. The van der Waals surface area contributed by atoms with Gasteiger partial charge in [-0.1, -0.05) is 33.1 Å². The zero-order valence-corrected chi connectivity index (χ0v) is 11.0. The molecule has 1 N–H and O–H groups in total. The van der Waals surface area contributed by atoms with Crippen molar-refractivity contribution in [2.45, 2.75) is 52.9 Å². The third-order valence-corrected chi connectivity index (χ3v) is 4.95. The largest absolute Gasteiger partial charge is 0.480 e. The fraction of sp³-hybridized carbons (Fsp3) is 0.857. The molecule has 17 heavy (non-hydrogen) atoms. The standard InChI is InChI=1S/C14H22O3/c1-13(2)8-9-6-4-5-7-10(9)14(3,11(13)15)12(16)17/h9-10H,4-8H2,1-3H3,(H,16,17). The van der Waals surface area contributed by atoms with Crippen LogP contribution < -0.4 is 0 Å². The minimum Gasteiger partial charge on any atom is -0.480 e. The van der Waals surface area contributed by atoms with E-state index in [0.29, 0.717) is 5.92 Å². The topological polar surface area (TPSA) is 54.4 Å². The molecular weight excluding hydrogens is 216 g/mol. The molecule has 0 heterocycles. The number of rotatable bonds is 1. The minimum atomic E-state index is -1.16. The van der Waals surface area contributed by atoms with Gasteiger partial charge in [0.1, 0.15) is 5.41 Å². The van der Waals surface area contributed by atoms with Crippen LogP contribution in [0.1, 0.15) is 52.9 Å². The van der Waals surface area contributed by atoms with Crippen LogP contribution in [0, 0.1) is 22.7 Å². The summed E-state index contributed by atoms with van der Waals surface area (Å²) in [6.07, 6.45) is 5.10. The van der Waals surface area contributed by atoms with E-state index in [-0.39, 0.29) is 11.7 Å². The molecule has 0 amide bonds. The maximum Gasteiger partial charge on any atom is 0.317 e. The second kappa shape index (κ2) is 3.82. The number of fused-ring (bicyclic) bond motifs is 1. The van der Waals surface area contributed by atoms with Crippen LogP contribution in [0.5, 0.6) is 0 Å². The maximum absolute atomic E-state index is 12.5. The quantitative estimate of drug-likeness (QED) is 0.715. The van der Waals surface area contributed by atoms with Crippen LogP contribution in [-0.4, -0.2) is 16.9 Å². The molecule has 3 nitrogen and oxygen atoms in total. The molecule has 0 aliphatic heterocycles. The van der Waals surface area contributed by atoms with Crippen molar-refractivity contribution in [2.75, 3.05) is 0 Å². The van der Waals surface area contributed by atoms with Crippen molar-refractivity contribution in [3.63, 3.8) is 0 Å². The van der Waals surface area contributed by atoms with Crippen molar-refractivity contribution in [1.82, 2.24) is 0 Å². The highest BCUT2D eigenvalue weighted by Gasteiger charge is 2.59. The Labute approximate surface area is 103 Å². The lowest BCUT2D eigenvalue weighted by Gasteiger charge is -2.50. The SMILES string of the molecule is CC1(C)CC2CCCCC2C(C)(C(=O)O)C1=O. The summed E-state index contributed by atoms with van der Waals surface area (Å²) in [4.78, 5) is 24.1. The first kappa shape index (κ1) is 12.6. The molecule has 2 aliphatic carbocycles. The van der Waals surface area contributed by atoms with Crippen molar-refractivity contribution in [1.29, 1.82) is 0 Å². The minimum absolute atomic E-state index is 0.0503. The van der Waals surface area contributed by atoms with Gasteiger partial charge in [0.25, 0.3) is 0 Å². The van der Waals surface area contributed by atoms with Gasteiger partial charge < -0.3 is 5.11 Å². The molecule has 3 heteroatoms. The van der Waals surface area contributed by atoms with Crippen molar-refractivity contribution in [3.05, 3.63) is 0 Å². The van der Waals surface area contributed by atoms with Gasteiger partial charge in [-0.15, -0.1) is 0 Å². The summed E-state index contributed by atoms with van der Waals surface area (Å²) in [6.45, 7) is 5.46. The summed E-state index contributed by atoms with van der Waals surface area (Å²) in [5.74, 6) is -0.528. The van der Waals surface area contributed by atoms with Crippen molar-refractivity contribution >= 4 is 11.8 Å². The molecule has 0 aromatic carbocycles. The van der Waals surface area contributed by atoms with E-state index in [1.54, 1.807) is 6.92 Å². The predicted molar refractivity (Wildman–Crippen MR) is 64.6 cm³/mol. The molecule has 3 unspecified atom stereocenters. The van der Waals surface area contributed by atoms with Crippen LogP contribution in [0.25, 0.3) is 0 Å². The highest BCUT2D eigenvalue weighted by Crippen LogP contribution is 2.54. The molecule has 0 aromatic rings. The Morgan fingerprint density at radius 3 is 2.41 bits per heavy atom. The molecular formula is C14H22O3. The molecule has 0 bridgehead atoms. The van der Waals surface area contributed by atoms with Crippen molar-refractivity contribution in [2.24, 2.45) is 22.7 Å². The van der Waals surface area contributed by atoms with Crippen molar-refractivity contribution in [3.8, 4) is 0 Å². The highest BCUT2D eigenvalue weighted by molar-refractivity contribution is 6.06. The van der Waals surface area contributed by atoms with Gasteiger partial charge in [-0.05, 0) is 31.6 Å². The van der Waals surface area contributed by atoms with E-state index in [1.165, 1.54) is 6.42 Å². The van der Waals surface area contributed by atoms with Crippen LogP contribution >= 0.6 is 0 Å².